The fourth-order valence-corrected chi connectivity index (χ4v) is 2.32. The Hall–Kier alpha value is -2.62. The fraction of sp³-hybridized carbons (Fsp3) is 0.118. The lowest BCUT2D eigenvalue weighted by Crippen LogP contribution is -2.27. The number of para-hydroxylation sites is 1. The first kappa shape index (κ1) is 13.4. The Morgan fingerprint density at radius 3 is 2.67 bits per heavy atom. The monoisotopic (exact) mass is 282 g/mol. The molecule has 0 spiro atoms. The van der Waals surface area contributed by atoms with Crippen molar-refractivity contribution in [2.75, 3.05) is 0 Å². The van der Waals surface area contributed by atoms with E-state index in [2.05, 4.69) is 5.32 Å². The van der Waals surface area contributed by atoms with Crippen LogP contribution in [0.3, 0.4) is 0 Å². The number of halogens is 1. The maximum atomic E-state index is 13.5. The van der Waals surface area contributed by atoms with Crippen molar-refractivity contribution in [2.45, 2.75) is 13.1 Å². The van der Waals surface area contributed by atoms with Gasteiger partial charge in [0.05, 0.1) is 0 Å². The summed E-state index contributed by atoms with van der Waals surface area (Å²) in [5, 5.41) is 3.84. The SMILES string of the molecule is O=C(Cn1ccc2ccccc21)NCc1ccccc1F. The van der Waals surface area contributed by atoms with Crippen molar-refractivity contribution in [3.63, 3.8) is 0 Å². The van der Waals surface area contributed by atoms with Gasteiger partial charge >= 0.3 is 0 Å². The molecule has 1 amide bonds. The molecule has 1 heterocycles. The van der Waals surface area contributed by atoms with Crippen LogP contribution >= 0.6 is 0 Å². The van der Waals surface area contributed by atoms with Crippen LogP contribution in [0.4, 0.5) is 4.39 Å². The van der Waals surface area contributed by atoms with Crippen molar-refractivity contribution < 1.29 is 9.18 Å². The van der Waals surface area contributed by atoms with Crippen LogP contribution in [0.1, 0.15) is 5.56 Å². The van der Waals surface area contributed by atoms with Crippen molar-refractivity contribution >= 4 is 16.8 Å². The molecule has 0 aliphatic carbocycles. The van der Waals surface area contributed by atoms with Crippen LogP contribution in [-0.4, -0.2) is 10.5 Å². The number of carbonyl (C=O) groups is 1. The summed E-state index contributed by atoms with van der Waals surface area (Å²) in [7, 11) is 0. The molecule has 1 aromatic heterocycles. The summed E-state index contributed by atoms with van der Waals surface area (Å²) < 4.78 is 15.4. The summed E-state index contributed by atoms with van der Waals surface area (Å²) in [5.74, 6) is -0.441. The first-order valence-electron chi connectivity index (χ1n) is 6.78. The van der Waals surface area contributed by atoms with Crippen molar-refractivity contribution in [1.82, 2.24) is 9.88 Å². The highest BCUT2D eigenvalue weighted by Gasteiger charge is 2.07. The highest BCUT2D eigenvalue weighted by Crippen LogP contribution is 2.14. The number of aromatic nitrogens is 1. The molecule has 3 nitrogen and oxygen atoms in total. The highest BCUT2D eigenvalue weighted by molar-refractivity contribution is 5.83. The molecule has 3 rings (SSSR count). The van der Waals surface area contributed by atoms with Crippen LogP contribution in [0.25, 0.3) is 10.9 Å². The zero-order valence-electron chi connectivity index (χ0n) is 11.4. The van der Waals surface area contributed by atoms with Crippen LogP contribution in [0.2, 0.25) is 0 Å². The summed E-state index contributed by atoms with van der Waals surface area (Å²) in [5.41, 5.74) is 1.50. The van der Waals surface area contributed by atoms with Crippen LogP contribution in [0.15, 0.2) is 60.8 Å². The minimum absolute atomic E-state index is 0.139. The number of carbonyl (C=O) groups excluding carboxylic acids is 1. The van der Waals surface area contributed by atoms with Gasteiger partial charge in [0, 0.05) is 23.8 Å². The number of amides is 1. The molecule has 1 N–H and O–H groups in total. The van der Waals surface area contributed by atoms with E-state index in [1.165, 1.54) is 6.07 Å². The third kappa shape index (κ3) is 2.94. The number of fused-ring (bicyclic) bond motifs is 1. The van der Waals surface area contributed by atoms with Crippen molar-refractivity contribution in [1.29, 1.82) is 0 Å². The molecule has 4 heteroatoms. The predicted octanol–water partition coefficient (Wildman–Crippen LogP) is 3.10. The summed E-state index contributed by atoms with van der Waals surface area (Å²) in [6, 6.07) is 16.3. The minimum Gasteiger partial charge on any atom is -0.350 e. The number of benzene rings is 2. The minimum atomic E-state index is -0.302. The zero-order chi connectivity index (χ0) is 14.7. The van der Waals surface area contributed by atoms with Crippen LogP contribution in [0.5, 0.6) is 0 Å². The summed E-state index contributed by atoms with van der Waals surface area (Å²) in [6.45, 7) is 0.423. The zero-order valence-corrected chi connectivity index (χ0v) is 11.4. The molecule has 0 atom stereocenters. The van der Waals surface area contributed by atoms with Crippen LogP contribution in [0, 0.1) is 5.82 Å². The number of nitrogens with zero attached hydrogens (tertiary/aromatic N) is 1. The number of hydrogen-bond acceptors (Lipinski definition) is 1. The molecule has 21 heavy (non-hydrogen) atoms. The van der Waals surface area contributed by atoms with Crippen LogP contribution in [-0.2, 0) is 17.9 Å². The first-order chi connectivity index (χ1) is 10.2. The maximum Gasteiger partial charge on any atom is 0.240 e. The molecule has 0 unspecified atom stereocenters. The fourth-order valence-electron chi connectivity index (χ4n) is 2.32. The second-order valence-corrected chi connectivity index (χ2v) is 4.87. The number of hydrogen-bond donors (Lipinski definition) is 1. The van der Waals surface area contributed by atoms with Gasteiger partial charge in [0.15, 0.2) is 0 Å². The predicted molar refractivity (Wildman–Crippen MR) is 80.2 cm³/mol. The lowest BCUT2D eigenvalue weighted by atomic mass is 10.2. The third-order valence-corrected chi connectivity index (χ3v) is 3.43. The molecule has 106 valence electrons. The standard InChI is InChI=1S/C17H15FN2O/c18-15-7-3-1-6-14(15)11-19-17(21)12-20-10-9-13-5-2-4-8-16(13)20/h1-10H,11-12H2,(H,19,21). The van der Waals surface area contributed by atoms with Crippen molar-refractivity contribution in [3.05, 3.63) is 72.2 Å². The molecular weight excluding hydrogens is 267 g/mol. The second-order valence-electron chi connectivity index (χ2n) is 4.87. The maximum absolute atomic E-state index is 13.5. The lowest BCUT2D eigenvalue weighted by Gasteiger charge is -2.08. The third-order valence-electron chi connectivity index (χ3n) is 3.43. The van der Waals surface area contributed by atoms with E-state index in [1.807, 2.05) is 41.1 Å². The van der Waals surface area contributed by atoms with Gasteiger partial charge < -0.3 is 9.88 Å². The van der Waals surface area contributed by atoms with Crippen LogP contribution < -0.4 is 5.32 Å². The molecule has 3 aromatic rings. The number of rotatable bonds is 4. The van der Waals surface area contributed by atoms with E-state index in [4.69, 9.17) is 0 Å². The summed E-state index contributed by atoms with van der Waals surface area (Å²) in [6.07, 6.45) is 1.88. The van der Waals surface area contributed by atoms with Gasteiger partial charge in [-0.05, 0) is 23.6 Å². The van der Waals surface area contributed by atoms with E-state index >= 15 is 0 Å². The Balaban J connectivity index is 1.66. The van der Waals surface area contributed by atoms with Crippen molar-refractivity contribution in [2.24, 2.45) is 0 Å². The Labute approximate surface area is 122 Å². The van der Waals surface area contributed by atoms with E-state index in [1.54, 1.807) is 18.2 Å². The average molecular weight is 282 g/mol. The summed E-state index contributed by atoms with van der Waals surface area (Å²) in [4.78, 5) is 12.0. The van der Waals surface area contributed by atoms with Gasteiger partial charge in [-0.25, -0.2) is 4.39 Å². The largest absolute Gasteiger partial charge is 0.350 e. The molecular formula is C17H15FN2O. The van der Waals surface area contributed by atoms with Gasteiger partial charge in [0.25, 0.3) is 0 Å². The van der Waals surface area contributed by atoms with Gasteiger partial charge in [0.2, 0.25) is 5.91 Å². The van der Waals surface area contributed by atoms with Gasteiger partial charge in [-0.3, -0.25) is 4.79 Å². The Bertz CT molecular complexity index is 779. The van der Waals surface area contributed by atoms with Gasteiger partial charge in [-0.15, -0.1) is 0 Å². The molecule has 0 aliphatic heterocycles. The smallest absolute Gasteiger partial charge is 0.240 e. The van der Waals surface area contributed by atoms with Gasteiger partial charge in [0.1, 0.15) is 12.4 Å². The number of nitrogens with one attached hydrogen (secondary N) is 1. The second kappa shape index (κ2) is 5.79. The Morgan fingerprint density at radius 2 is 1.81 bits per heavy atom. The van der Waals surface area contributed by atoms with Gasteiger partial charge in [-0.1, -0.05) is 36.4 Å². The molecule has 0 aliphatic rings. The molecule has 0 bridgehead atoms. The van der Waals surface area contributed by atoms with E-state index < -0.39 is 0 Å². The molecule has 0 radical (unpaired) electrons. The molecule has 2 aromatic carbocycles. The Morgan fingerprint density at radius 1 is 1.05 bits per heavy atom. The van der Waals surface area contributed by atoms with Gasteiger partial charge in [-0.2, -0.15) is 0 Å². The normalized spacial score (nSPS) is 10.7. The Kier molecular flexibility index (Phi) is 3.69. The van der Waals surface area contributed by atoms with E-state index in [9.17, 15) is 9.18 Å². The topological polar surface area (TPSA) is 34.0 Å². The summed E-state index contributed by atoms with van der Waals surface area (Å²) >= 11 is 0. The molecule has 0 saturated heterocycles. The molecule has 0 fully saturated rings. The van der Waals surface area contributed by atoms with E-state index in [0.29, 0.717) is 5.56 Å². The lowest BCUT2D eigenvalue weighted by molar-refractivity contribution is -0.121. The van der Waals surface area contributed by atoms with E-state index in [-0.39, 0.29) is 24.8 Å². The first-order valence-corrected chi connectivity index (χ1v) is 6.78. The molecule has 0 saturated carbocycles. The average Bonchev–Trinajstić information content (AvgIpc) is 2.90. The quantitative estimate of drug-likeness (QED) is 0.784. The van der Waals surface area contributed by atoms with E-state index in [0.717, 1.165) is 10.9 Å². The highest BCUT2D eigenvalue weighted by atomic mass is 19.1. The van der Waals surface area contributed by atoms with Crippen molar-refractivity contribution in [3.8, 4) is 0 Å².